The molecule has 3 aliphatic rings. The first-order valence-corrected chi connectivity index (χ1v) is 8.13. The van der Waals surface area contributed by atoms with E-state index in [0.717, 1.165) is 6.04 Å². The first-order chi connectivity index (χ1) is 8.61. The monoisotopic (exact) mass is 250 g/mol. The van der Waals surface area contributed by atoms with Crippen LogP contribution >= 0.6 is 0 Å². The van der Waals surface area contributed by atoms with Gasteiger partial charge in [-0.2, -0.15) is 0 Å². The van der Waals surface area contributed by atoms with Gasteiger partial charge in [-0.15, -0.1) is 0 Å². The van der Waals surface area contributed by atoms with Crippen molar-refractivity contribution in [3.63, 3.8) is 0 Å². The number of hydrogen-bond donors (Lipinski definition) is 1. The Morgan fingerprint density at radius 2 is 1.61 bits per heavy atom. The maximum atomic E-state index is 3.83. The summed E-state index contributed by atoms with van der Waals surface area (Å²) in [5.74, 6) is 0. The van der Waals surface area contributed by atoms with Crippen LogP contribution in [0.15, 0.2) is 0 Å². The largest absolute Gasteiger partial charge is 0.309 e. The smallest absolute Gasteiger partial charge is 0.0337 e. The van der Waals surface area contributed by atoms with Crippen molar-refractivity contribution in [2.45, 2.75) is 88.8 Å². The third kappa shape index (κ3) is 2.34. The molecule has 104 valence electrons. The summed E-state index contributed by atoms with van der Waals surface area (Å²) >= 11 is 0. The van der Waals surface area contributed by atoms with Gasteiger partial charge in [0.15, 0.2) is 0 Å². The predicted molar refractivity (Wildman–Crippen MR) is 76.9 cm³/mol. The molecule has 0 aromatic rings. The van der Waals surface area contributed by atoms with Crippen molar-refractivity contribution in [1.29, 1.82) is 0 Å². The van der Waals surface area contributed by atoms with Gasteiger partial charge in [0, 0.05) is 30.2 Å². The van der Waals surface area contributed by atoms with Crippen molar-refractivity contribution in [3.05, 3.63) is 0 Å². The van der Waals surface area contributed by atoms with Gasteiger partial charge >= 0.3 is 0 Å². The average molecular weight is 250 g/mol. The second-order valence-corrected chi connectivity index (χ2v) is 7.59. The molecule has 0 atom stereocenters. The van der Waals surface area contributed by atoms with Crippen molar-refractivity contribution in [3.8, 4) is 0 Å². The molecule has 0 bridgehead atoms. The first-order valence-electron chi connectivity index (χ1n) is 8.13. The quantitative estimate of drug-likeness (QED) is 0.768. The van der Waals surface area contributed by atoms with Gasteiger partial charge in [-0.1, -0.05) is 32.1 Å². The van der Waals surface area contributed by atoms with Gasteiger partial charge in [0.05, 0.1) is 0 Å². The number of nitrogens with zero attached hydrogens (tertiary/aromatic N) is 1. The Bertz CT molecular complexity index is 285. The molecule has 0 unspecified atom stereocenters. The average Bonchev–Trinajstić information content (AvgIpc) is 2.88. The van der Waals surface area contributed by atoms with Crippen LogP contribution in [0.1, 0.15) is 71.6 Å². The molecule has 2 saturated carbocycles. The molecule has 1 heterocycles. The highest BCUT2D eigenvalue weighted by Gasteiger charge is 2.47. The Hall–Kier alpha value is -0.0800. The molecule has 3 fully saturated rings. The van der Waals surface area contributed by atoms with Crippen molar-refractivity contribution >= 4 is 0 Å². The second kappa shape index (κ2) is 4.79. The molecule has 0 radical (unpaired) electrons. The van der Waals surface area contributed by atoms with Crippen molar-refractivity contribution in [2.24, 2.45) is 0 Å². The maximum absolute atomic E-state index is 3.83. The molecule has 0 aromatic carbocycles. The number of piperazine rings is 1. The lowest BCUT2D eigenvalue weighted by molar-refractivity contribution is -0.0385. The van der Waals surface area contributed by atoms with E-state index in [2.05, 4.69) is 24.1 Å². The minimum absolute atomic E-state index is 0.311. The molecule has 3 rings (SSSR count). The minimum atomic E-state index is 0.311. The third-order valence-electron chi connectivity index (χ3n) is 5.62. The van der Waals surface area contributed by atoms with Crippen LogP contribution in [0.5, 0.6) is 0 Å². The van der Waals surface area contributed by atoms with E-state index in [9.17, 15) is 0 Å². The zero-order valence-electron chi connectivity index (χ0n) is 12.3. The van der Waals surface area contributed by atoms with Crippen LogP contribution in [0.2, 0.25) is 0 Å². The summed E-state index contributed by atoms with van der Waals surface area (Å²) in [5.41, 5.74) is 0.827. The molecular formula is C16H30N2. The second-order valence-electron chi connectivity index (χ2n) is 7.59. The zero-order chi connectivity index (χ0) is 12.6. The van der Waals surface area contributed by atoms with E-state index in [-0.39, 0.29) is 0 Å². The van der Waals surface area contributed by atoms with Gasteiger partial charge in [0.1, 0.15) is 0 Å². The zero-order valence-corrected chi connectivity index (χ0v) is 12.3. The van der Waals surface area contributed by atoms with Gasteiger partial charge in [-0.3, -0.25) is 4.90 Å². The molecule has 2 heteroatoms. The maximum Gasteiger partial charge on any atom is 0.0337 e. The van der Waals surface area contributed by atoms with E-state index in [1.54, 1.807) is 0 Å². The van der Waals surface area contributed by atoms with Crippen molar-refractivity contribution < 1.29 is 0 Å². The van der Waals surface area contributed by atoms with E-state index in [4.69, 9.17) is 0 Å². The van der Waals surface area contributed by atoms with Gasteiger partial charge in [-0.25, -0.2) is 0 Å². The Balaban J connectivity index is 1.81. The molecule has 0 aromatic heterocycles. The van der Waals surface area contributed by atoms with Gasteiger partial charge in [0.2, 0.25) is 0 Å². The van der Waals surface area contributed by atoms with Gasteiger partial charge in [-0.05, 0) is 39.5 Å². The van der Waals surface area contributed by atoms with E-state index in [1.165, 1.54) is 70.9 Å². The summed E-state index contributed by atoms with van der Waals surface area (Å²) in [4.78, 5) is 2.95. The van der Waals surface area contributed by atoms with Crippen molar-refractivity contribution in [2.75, 3.05) is 13.1 Å². The minimum Gasteiger partial charge on any atom is -0.309 e. The van der Waals surface area contributed by atoms with Crippen LogP contribution < -0.4 is 5.32 Å². The highest BCUT2D eigenvalue weighted by molar-refractivity contribution is 5.05. The summed E-state index contributed by atoms with van der Waals surface area (Å²) < 4.78 is 0. The lowest BCUT2D eigenvalue weighted by atomic mass is 9.76. The fraction of sp³-hybridized carbons (Fsp3) is 1.00. The summed E-state index contributed by atoms with van der Waals surface area (Å²) in [5, 5.41) is 3.83. The molecule has 1 N–H and O–H groups in total. The molecule has 2 aliphatic carbocycles. The first kappa shape index (κ1) is 12.9. The van der Waals surface area contributed by atoms with Crippen molar-refractivity contribution in [1.82, 2.24) is 10.2 Å². The Morgan fingerprint density at radius 3 is 2.28 bits per heavy atom. The molecule has 1 spiro atoms. The fourth-order valence-electron chi connectivity index (χ4n) is 4.56. The van der Waals surface area contributed by atoms with Crippen LogP contribution in [-0.2, 0) is 0 Å². The van der Waals surface area contributed by atoms with Crippen LogP contribution in [0, 0.1) is 0 Å². The highest BCUT2D eigenvalue weighted by Crippen LogP contribution is 2.41. The van der Waals surface area contributed by atoms with Gasteiger partial charge < -0.3 is 5.32 Å². The summed E-state index contributed by atoms with van der Waals surface area (Å²) in [7, 11) is 0. The molecule has 0 amide bonds. The third-order valence-corrected chi connectivity index (χ3v) is 5.62. The fourth-order valence-corrected chi connectivity index (χ4v) is 4.56. The van der Waals surface area contributed by atoms with Crippen LogP contribution in [0.3, 0.4) is 0 Å². The summed E-state index contributed by atoms with van der Waals surface area (Å²) in [6.45, 7) is 7.25. The molecule has 1 saturated heterocycles. The molecule has 2 nitrogen and oxygen atoms in total. The summed E-state index contributed by atoms with van der Waals surface area (Å²) in [6.07, 6.45) is 13.1. The Labute approximate surface area is 113 Å². The summed E-state index contributed by atoms with van der Waals surface area (Å²) in [6, 6.07) is 0.893. The predicted octanol–water partition coefficient (Wildman–Crippen LogP) is 3.32. The molecule has 1 aliphatic heterocycles. The van der Waals surface area contributed by atoms with E-state index in [1.807, 2.05) is 0 Å². The number of nitrogens with one attached hydrogen (secondary N) is 1. The van der Waals surface area contributed by atoms with E-state index >= 15 is 0 Å². The SMILES string of the molecule is CC1(C)CN(C2CCCC2)C2(CCCCC2)CN1. The topological polar surface area (TPSA) is 15.3 Å². The lowest BCUT2D eigenvalue weighted by Gasteiger charge is -2.57. The standard InChI is InChI=1S/C16H30N2/c1-15(2)13-18(14-8-4-5-9-14)16(12-17-15)10-6-3-7-11-16/h14,17H,3-13H2,1-2H3. The molecular weight excluding hydrogens is 220 g/mol. The Morgan fingerprint density at radius 1 is 0.944 bits per heavy atom. The van der Waals surface area contributed by atoms with E-state index in [0.29, 0.717) is 11.1 Å². The van der Waals surface area contributed by atoms with Crippen LogP contribution in [0.25, 0.3) is 0 Å². The number of rotatable bonds is 1. The Kier molecular flexibility index (Phi) is 3.44. The highest BCUT2D eigenvalue weighted by atomic mass is 15.3. The van der Waals surface area contributed by atoms with Crippen LogP contribution in [-0.4, -0.2) is 35.1 Å². The van der Waals surface area contributed by atoms with Gasteiger partial charge in [0.25, 0.3) is 0 Å². The normalized spacial score (nSPS) is 33.0. The van der Waals surface area contributed by atoms with Crippen LogP contribution in [0.4, 0.5) is 0 Å². The van der Waals surface area contributed by atoms with E-state index < -0.39 is 0 Å². The lowest BCUT2D eigenvalue weighted by Crippen LogP contribution is -2.70. The molecule has 18 heavy (non-hydrogen) atoms. The number of hydrogen-bond acceptors (Lipinski definition) is 2.